The molecule has 0 bridgehead atoms. The van der Waals surface area contributed by atoms with E-state index in [1.54, 1.807) is 0 Å². The molecule has 0 amide bonds. The Morgan fingerprint density at radius 2 is 2.00 bits per heavy atom. The fraction of sp³-hybridized carbons (Fsp3) is 0.375. The van der Waals surface area contributed by atoms with Crippen molar-refractivity contribution in [3.8, 4) is 0 Å². The average Bonchev–Trinajstić information content (AvgIpc) is 2.60. The van der Waals surface area contributed by atoms with E-state index in [9.17, 15) is 9.59 Å². The molecule has 0 saturated carbocycles. The van der Waals surface area contributed by atoms with Gasteiger partial charge in [0.25, 0.3) is 5.56 Å². The molecule has 8 heteroatoms. The number of H-pyrrole nitrogens is 1. The van der Waals surface area contributed by atoms with Crippen LogP contribution in [0.3, 0.4) is 0 Å². The zero-order chi connectivity index (χ0) is 16.9. The Balaban J connectivity index is 1.50. The fourth-order valence-electron chi connectivity index (χ4n) is 2.35. The van der Waals surface area contributed by atoms with Crippen molar-refractivity contribution in [2.75, 3.05) is 19.8 Å². The Morgan fingerprint density at radius 1 is 1.21 bits per heavy atom. The number of hydrogen-bond donors (Lipinski definition) is 1. The molecule has 1 aliphatic rings. The average molecular weight is 444 g/mol. The van der Waals surface area contributed by atoms with Crippen molar-refractivity contribution in [3.63, 3.8) is 0 Å². The molecule has 7 nitrogen and oxygen atoms in total. The molecule has 0 spiro atoms. The van der Waals surface area contributed by atoms with Crippen molar-refractivity contribution in [2.45, 2.75) is 18.9 Å². The molecule has 2 atom stereocenters. The number of hydrogen-bond acceptors (Lipinski definition) is 5. The summed E-state index contributed by atoms with van der Waals surface area (Å²) in [6, 6.07) is 9.89. The zero-order valence-corrected chi connectivity index (χ0v) is 15.0. The normalized spacial score (nSPS) is 20.9. The molecule has 1 N–H and O–H groups in total. The molecule has 1 aromatic carbocycles. The number of ether oxygens (including phenoxy) is 3. The van der Waals surface area contributed by atoms with Crippen molar-refractivity contribution >= 4 is 22.6 Å². The molecule has 128 valence electrons. The topological polar surface area (TPSA) is 82.6 Å². The van der Waals surface area contributed by atoms with Crippen LogP contribution in [0, 0.1) is 3.57 Å². The molecule has 2 aromatic rings. The maximum absolute atomic E-state index is 11.8. The lowest BCUT2D eigenvalue weighted by Gasteiger charge is -2.30. The van der Waals surface area contributed by atoms with Crippen LogP contribution in [-0.4, -0.2) is 35.5 Å². The molecule has 0 aliphatic carbocycles. The van der Waals surface area contributed by atoms with E-state index in [1.165, 1.54) is 10.8 Å². The summed E-state index contributed by atoms with van der Waals surface area (Å²) in [6.07, 6.45) is 0.748. The highest BCUT2D eigenvalue weighted by molar-refractivity contribution is 14.1. The minimum atomic E-state index is -0.548. The summed E-state index contributed by atoms with van der Waals surface area (Å²) < 4.78 is 18.8. The van der Waals surface area contributed by atoms with E-state index < -0.39 is 17.5 Å². The van der Waals surface area contributed by atoms with Crippen LogP contribution in [-0.2, 0) is 20.8 Å². The quantitative estimate of drug-likeness (QED) is 0.703. The largest absolute Gasteiger partial charge is 0.374 e. The van der Waals surface area contributed by atoms with Gasteiger partial charge in [-0.15, -0.1) is 0 Å². The van der Waals surface area contributed by atoms with Gasteiger partial charge in [0.15, 0.2) is 6.23 Å². The van der Waals surface area contributed by atoms with E-state index in [-0.39, 0.29) is 12.7 Å². The first-order valence-corrected chi connectivity index (χ1v) is 8.57. The third-order valence-corrected chi connectivity index (χ3v) is 4.37. The van der Waals surface area contributed by atoms with Gasteiger partial charge in [-0.2, -0.15) is 0 Å². The number of halogens is 1. The second kappa shape index (κ2) is 8.06. The molecule has 2 heterocycles. The minimum Gasteiger partial charge on any atom is -0.374 e. The highest BCUT2D eigenvalue weighted by Gasteiger charge is 2.24. The van der Waals surface area contributed by atoms with Crippen LogP contribution in [0.15, 0.2) is 46.1 Å². The first kappa shape index (κ1) is 17.3. The summed E-state index contributed by atoms with van der Waals surface area (Å²) in [4.78, 5) is 25.5. The Hall–Kier alpha value is -1.49. The van der Waals surface area contributed by atoms with Gasteiger partial charge in [-0.25, -0.2) is 4.79 Å². The second-order valence-electron chi connectivity index (χ2n) is 5.39. The van der Waals surface area contributed by atoms with Crippen molar-refractivity contribution in [3.05, 3.63) is 66.5 Å². The number of nitrogens with zero attached hydrogens (tertiary/aromatic N) is 1. The van der Waals surface area contributed by atoms with E-state index in [0.717, 1.165) is 5.56 Å². The lowest BCUT2D eigenvalue weighted by Crippen LogP contribution is -2.42. The van der Waals surface area contributed by atoms with Crippen LogP contribution in [0.1, 0.15) is 11.8 Å². The molecule has 1 aliphatic heterocycles. The monoisotopic (exact) mass is 444 g/mol. The van der Waals surface area contributed by atoms with Crippen LogP contribution in [0.2, 0.25) is 0 Å². The fourth-order valence-corrected chi connectivity index (χ4v) is 2.78. The molecular formula is C16H17IN2O5. The Labute approximate surface area is 151 Å². The van der Waals surface area contributed by atoms with Gasteiger partial charge in [0, 0.05) is 6.20 Å². The maximum Gasteiger partial charge on any atom is 0.330 e. The van der Waals surface area contributed by atoms with Gasteiger partial charge in [0.1, 0.15) is 6.10 Å². The Morgan fingerprint density at radius 3 is 2.71 bits per heavy atom. The predicted octanol–water partition coefficient (Wildman–Crippen LogP) is 1.27. The number of nitrogens with one attached hydrogen (secondary N) is 1. The molecule has 0 radical (unpaired) electrons. The van der Waals surface area contributed by atoms with Gasteiger partial charge in [0.2, 0.25) is 0 Å². The first-order valence-electron chi connectivity index (χ1n) is 7.49. The highest BCUT2D eigenvalue weighted by Crippen LogP contribution is 2.16. The molecule has 2 unspecified atom stereocenters. The van der Waals surface area contributed by atoms with Gasteiger partial charge in [-0.3, -0.25) is 14.3 Å². The summed E-state index contributed by atoms with van der Waals surface area (Å²) >= 11 is 1.87. The van der Waals surface area contributed by atoms with Crippen LogP contribution in [0.25, 0.3) is 0 Å². The SMILES string of the molecule is O=c1[nH]c(=O)n(C2COC(COCc3ccccc3)CO2)cc1I. The highest BCUT2D eigenvalue weighted by atomic mass is 127. The molecular weight excluding hydrogens is 427 g/mol. The number of aromatic amines is 1. The van der Waals surface area contributed by atoms with Gasteiger partial charge in [-0.05, 0) is 28.2 Å². The first-order chi connectivity index (χ1) is 11.6. The van der Waals surface area contributed by atoms with Crippen molar-refractivity contribution in [1.82, 2.24) is 9.55 Å². The standard InChI is InChI=1S/C16H17IN2O5/c17-13-6-19(16(21)18-15(13)20)14-10-23-12(9-24-14)8-22-7-11-4-2-1-3-5-11/h1-6,12,14H,7-10H2,(H,18,20,21). The lowest BCUT2D eigenvalue weighted by molar-refractivity contribution is -0.178. The third kappa shape index (κ3) is 4.32. The smallest absolute Gasteiger partial charge is 0.330 e. The molecule has 1 fully saturated rings. The lowest BCUT2D eigenvalue weighted by atomic mass is 10.2. The van der Waals surface area contributed by atoms with Crippen LogP contribution in [0.5, 0.6) is 0 Å². The van der Waals surface area contributed by atoms with Crippen molar-refractivity contribution < 1.29 is 14.2 Å². The van der Waals surface area contributed by atoms with Crippen LogP contribution < -0.4 is 11.2 Å². The van der Waals surface area contributed by atoms with E-state index in [1.807, 2.05) is 52.9 Å². The third-order valence-electron chi connectivity index (χ3n) is 3.60. The molecule has 1 aromatic heterocycles. The molecule has 3 rings (SSSR count). The summed E-state index contributed by atoms with van der Waals surface area (Å²) in [5.41, 5.74) is 0.190. The second-order valence-corrected chi connectivity index (χ2v) is 6.55. The van der Waals surface area contributed by atoms with Crippen molar-refractivity contribution in [2.24, 2.45) is 0 Å². The number of benzene rings is 1. The molecule has 1 saturated heterocycles. The Kier molecular flexibility index (Phi) is 5.82. The summed E-state index contributed by atoms with van der Waals surface area (Å²) in [6.45, 7) is 1.48. The van der Waals surface area contributed by atoms with Crippen molar-refractivity contribution in [1.29, 1.82) is 0 Å². The van der Waals surface area contributed by atoms with E-state index >= 15 is 0 Å². The maximum atomic E-state index is 11.8. The van der Waals surface area contributed by atoms with E-state index in [2.05, 4.69) is 4.98 Å². The van der Waals surface area contributed by atoms with E-state index in [4.69, 9.17) is 14.2 Å². The number of rotatable bonds is 5. The predicted molar refractivity (Wildman–Crippen MR) is 94.9 cm³/mol. The summed E-state index contributed by atoms with van der Waals surface area (Å²) in [7, 11) is 0. The number of aromatic nitrogens is 2. The summed E-state index contributed by atoms with van der Waals surface area (Å²) in [5, 5.41) is 0. The zero-order valence-electron chi connectivity index (χ0n) is 12.8. The van der Waals surface area contributed by atoms with Gasteiger partial charge >= 0.3 is 5.69 Å². The van der Waals surface area contributed by atoms with Crippen LogP contribution >= 0.6 is 22.6 Å². The van der Waals surface area contributed by atoms with Gasteiger partial charge in [0.05, 0.1) is 30.0 Å². The van der Waals surface area contributed by atoms with E-state index in [0.29, 0.717) is 23.4 Å². The minimum absolute atomic E-state index is 0.178. The Bertz CT molecular complexity index is 781. The van der Waals surface area contributed by atoms with Crippen LogP contribution in [0.4, 0.5) is 0 Å². The van der Waals surface area contributed by atoms with Gasteiger partial charge < -0.3 is 14.2 Å². The summed E-state index contributed by atoms with van der Waals surface area (Å²) in [5.74, 6) is 0. The van der Waals surface area contributed by atoms with Gasteiger partial charge in [-0.1, -0.05) is 30.3 Å². The molecule has 24 heavy (non-hydrogen) atoms.